The van der Waals surface area contributed by atoms with Crippen molar-refractivity contribution in [3.63, 3.8) is 0 Å². The van der Waals surface area contributed by atoms with E-state index in [1.54, 1.807) is 0 Å². The van der Waals surface area contributed by atoms with Crippen LogP contribution in [0.1, 0.15) is 88.5 Å². The third-order valence-corrected chi connectivity index (χ3v) is 4.27. The van der Waals surface area contributed by atoms with Gasteiger partial charge in [-0.25, -0.2) is 4.79 Å². The average molecular weight is 341 g/mol. The fourth-order valence-corrected chi connectivity index (χ4v) is 3.17. The molecule has 0 fully saturated rings. The number of carbonyl (C=O) groups is 1. The van der Waals surface area contributed by atoms with Gasteiger partial charge in [0, 0.05) is 0 Å². The lowest BCUT2D eigenvalue weighted by Crippen LogP contribution is -2.31. The molecule has 142 valence electrons. The number of rotatable bonds is 9. The summed E-state index contributed by atoms with van der Waals surface area (Å²) in [5, 5.41) is 0. The van der Waals surface area contributed by atoms with Gasteiger partial charge in [-0.3, -0.25) is 0 Å². The fraction of sp³-hybridized carbons (Fsp3) is 0.857. The number of allylic oxidation sites excluding steroid dienone is 2. The first kappa shape index (κ1) is 23.0. The van der Waals surface area contributed by atoms with E-state index in [0.717, 1.165) is 12.8 Å². The van der Waals surface area contributed by atoms with Gasteiger partial charge in [0.1, 0.15) is 5.60 Å². The predicted octanol–water partition coefficient (Wildman–Crippen LogP) is 6.76. The summed E-state index contributed by atoms with van der Waals surface area (Å²) in [6.07, 6.45) is 6.93. The molecule has 0 aromatic rings. The minimum absolute atomic E-state index is 0.159. The minimum atomic E-state index is -0.587. The summed E-state index contributed by atoms with van der Waals surface area (Å²) >= 11 is 0. The van der Waals surface area contributed by atoms with Crippen LogP contribution in [0.5, 0.6) is 0 Å². The predicted molar refractivity (Wildman–Crippen MR) is 102 cm³/mol. The van der Waals surface area contributed by atoms with E-state index >= 15 is 0 Å². The molecule has 0 radical (unpaired) electrons. The number of hydrogen-bond acceptors (Lipinski definition) is 3. The molecule has 0 aliphatic rings. The molecule has 3 heteroatoms. The van der Waals surface area contributed by atoms with E-state index in [0.29, 0.717) is 11.3 Å². The molecule has 24 heavy (non-hydrogen) atoms. The van der Waals surface area contributed by atoms with Gasteiger partial charge in [0.2, 0.25) is 0 Å². The summed E-state index contributed by atoms with van der Waals surface area (Å²) in [5.41, 5.74) is -0.0298. The zero-order valence-corrected chi connectivity index (χ0v) is 17.7. The van der Waals surface area contributed by atoms with Crippen molar-refractivity contribution < 1.29 is 14.3 Å². The van der Waals surface area contributed by atoms with Crippen LogP contribution in [-0.4, -0.2) is 17.9 Å². The summed E-state index contributed by atoms with van der Waals surface area (Å²) in [6.45, 7) is 21.1. The summed E-state index contributed by atoms with van der Waals surface area (Å²) in [6, 6.07) is 0. The molecule has 1 atom stereocenters. The minimum Gasteiger partial charge on any atom is -0.432 e. The Labute approximate surface area is 150 Å². The molecule has 1 unspecified atom stereocenters. The monoisotopic (exact) mass is 340 g/mol. The quantitative estimate of drug-likeness (QED) is 0.343. The van der Waals surface area contributed by atoms with E-state index in [4.69, 9.17) is 9.47 Å². The van der Waals surface area contributed by atoms with E-state index in [9.17, 15) is 4.79 Å². The first-order chi connectivity index (χ1) is 10.7. The first-order valence-corrected chi connectivity index (χ1v) is 9.27. The zero-order valence-electron chi connectivity index (χ0n) is 17.7. The van der Waals surface area contributed by atoms with Crippen molar-refractivity contribution in [3.05, 3.63) is 12.2 Å². The zero-order chi connectivity index (χ0) is 19.2. The van der Waals surface area contributed by atoms with Crippen molar-refractivity contribution in [2.24, 2.45) is 16.7 Å². The summed E-state index contributed by atoms with van der Waals surface area (Å²) in [7, 11) is 0. The lowest BCUT2D eigenvalue weighted by atomic mass is 9.73. The second kappa shape index (κ2) is 8.92. The van der Waals surface area contributed by atoms with Crippen molar-refractivity contribution in [1.29, 1.82) is 0 Å². The highest BCUT2D eigenvalue weighted by atomic mass is 16.7. The summed E-state index contributed by atoms with van der Waals surface area (Å²) in [5.74, 6) is 0.330. The third-order valence-electron chi connectivity index (χ3n) is 4.27. The highest BCUT2D eigenvalue weighted by Gasteiger charge is 2.28. The van der Waals surface area contributed by atoms with Crippen LogP contribution in [0.25, 0.3) is 0 Å². The summed E-state index contributed by atoms with van der Waals surface area (Å²) < 4.78 is 10.5. The number of carbonyl (C=O) groups excluding carboxylic acids is 1. The molecule has 0 spiro atoms. The van der Waals surface area contributed by atoms with Gasteiger partial charge in [-0.1, -0.05) is 60.1 Å². The molecule has 0 rings (SSSR count). The van der Waals surface area contributed by atoms with Crippen LogP contribution in [0.15, 0.2) is 12.2 Å². The number of hydrogen-bond donors (Lipinski definition) is 0. The molecule has 0 aliphatic heterocycles. The maximum absolute atomic E-state index is 11.7. The SMILES string of the molecule is CCC(C)(C)CC(C)(C)/C=C\C(C)CC(C)(C)OC(=O)OC(C)C. The molecule has 0 aromatic heterocycles. The lowest BCUT2D eigenvalue weighted by Gasteiger charge is -2.33. The first-order valence-electron chi connectivity index (χ1n) is 9.27. The topological polar surface area (TPSA) is 35.5 Å². The van der Waals surface area contributed by atoms with Gasteiger partial charge in [-0.15, -0.1) is 0 Å². The number of ether oxygens (including phenoxy) is 2. The Bertz CT molecular complexity index is 417. The van der Waals surface area contributed by atoms with Crippen molar-refractivity contribution in [1.82, 2.24) is 0 Å². The van der Waals surface area contributed by atoms with Gasteiger partial charge < -0.3 is 9.47 Å². The van der Waals surface area contributed by atoms with Gasteiger partial charge in [0.15, 0.2) is 0 Å². The van der Waals surface area contributed by atoms with Crippen molar-refractivity contribution in [2.45, 2.75) is 100 Å². The molecule has 0 N–H and O–H groups in total. The largest absolute Gasteiger partial charge is 0.509 e. The average Bonchev–Trinajstić information content (AvgIpc) is 2.32. The Hall–Kier alpha value is -0.990. The smallest absolute Gasteiger partial charge is 0.432 e. The van der Waals surface area contributed by atoms with E-state index < -0.39 is 11.8 Å². The van der Waals surface area contributed by atoms with Crippen molar-refractivity contribution in [3.8, 4) is 0 Å². The molecule has 0 heterocycles. The Morgan fingerprint density at radius 3 is 2.04 bits per heavy atom. The van der Waals surface area contributed by atoms with Crippen LogP contribution in [0.2, 0.25) is 0 Å². The summed E-state index contributed by atoms with van der Waals surface area (Å²) in [4.78, 5) is 11.7. The van der Waals surface area contributed by atoms with Gasteiger partial charge >= 0.3 is 6.16 Å². The van der Waals surface area contributed by atoms with Gasteiger partial charge in [-0.2, -0.15) is 0 Å². The highest BCUT2D eigenvalue weighted by molar-refractivity contribution is 5.60. The molecule has 0 amide bonds. The molecule has 0 saturated carbocycles. The van der Waals surface area contributed by atoms with Crippen molar-refractivity contribution in [2.75, 3.05) is 0 Å². The molecule has 0 saturated heterocycles. The molecule has 0 bridgehead atoms. The Kier molecular flexibility index (Phi) is 8.55. The third kappa shape index (κ3) is 10.7. The molecule has 0 aromatic carbocycles. The molecular formula is C21H40O3. The van der Waals surface area contributed by atoms with E-state index in [2.05, 4.69) is 53.7 Å². The highest BCUT2D eigenvalue weighted by Crippen LogP contribution is 2.37. The van der Waals surface area contributed by atoms with E-state index in [-0.39, 0.29) is 11.5 Å². The van der Waals surface area contributed by atoms with Crippen LogP contribution in [0.3, 0.4) is 0 Å². The van der Waals surface area contributed by atoms with Crippen LogP contribution in [0, 0.1) is 16.7 Å². The van der Waals surface area contributed by atoms with Crippen LogP contribution in [0.4, 0.5) is 4.79 Å². The van der Waals surface area contributed by atoms with Crippen molar-refractivity contribution >= 4 is 6.16 Å². The standard InChI is InChI=1S/C21H40O3/c1-11-19(5,6)15-20(7,8)13-12-17(4)14-21(9,10)24-18(22)23-16(2)3/h12-13,16-17H,11,14-15H2,1-10H3/b13-12-. The second-order valence-corrected chi connectivity index (χ2v) is 9.50. The second-order valence-electron chi connectivity index (χ2n) is 9.50. The van der Waals surface area contributed by atoms with Crippen LogP contribution >= 0.6 is 0 Å². The maximum atomic E-state index is 11.7. The van der Waals surface area contributed by atoms with Gasteiger partial charge in [0.05, 0.1) is 6.10 Å². The molecule has 3 nitrogen and oxygen atoms in total. The Balaban J connectivity index is 4.64. The normalized spacial score (nSPS) is 15.0. The van der Waals surface area contributed by atoms with Gasteiger partial charge in [0.25, 0.3) is 0 Å². The molecular weight excluding hydrogens is 300 g/mol. The fourth-order valence-electron chi connectivity index (χ4n) is 3.17. The molecule has 0 aliphatic carbocycles. The lowest BCUT2D eigenvalue weighted by molar-refractivity contribution is -0.0351. The van der Waals surface area contributed by atoms with Crippen LogP contribution in [-0.2, 0) is 9.47 Å². The Morgan fingerprint density at radius 2 is 1.58 bits per heavy atom. The Morgan fingerprint density at radius 1 is 1.04 bits per heavy atom. The van der Waals surface area contributed by atoms with Gasteiger partial charge in [-0.05, 0) is 57.3 Å². The van der Waals surface area contributed by atoms with Crippen LogP contribution < -0.4 is 0 Å². The van der Waals surface area contributed by atoms with E-state index in [1.807, 2.05) is 27.7 Å². The maximum Gasteiger partial charge on any atom is 0.509 e. The van der Waals surface area contributed by atoms with E-state index in [1.165, 1.54) is 6.42 Å².